The van der Waals surface area contributed by atoms with Crippen LogP contribution in [-0.2, 0) is 30.5 Å². The summed E-state index contributed by atoms with van der Waals surface area (Å²) in [5.41, 5.74) is -2.38. The Bertz CT molecular complexity index is 1150. The molecule has 1 amide bonds. The van der Waals surface area contributed by atoms with E-state index >= 15 is 13.2 Å². The normalized spacial score (nSPS) is 24.8. The quantitative estimate of drug-likeness (QED) is 0.533. The van der Waals surface area contributed by atoms with Gasteiger partial charge in [0, 0.05) is 5.46 Å². The first kappa shape index (κ1) is 30.7. The lowest BCUT2D eigenvalue weighted by molar-refractivity contribution is -0.0123. The molecule has 0 bridgehead atoms. The smallest absolute Gasteiger partial charge is 0.444 e. The van der Waals surface area contributed by atoms with E-state index in [1.807, 2.05) is 27.7 Å². The lowest BCUT2D eigenvalue weighted by atomic mass is 9.77. The summed E-state index contributed by atoms with van der Waals surface area (Å²) in [4.78, 5) is 13.7. The van der Waals surface area contributed by atoms with Crippen LogP contribution in [0.3, 0.4) is 0 Å². The number of carbonyl (C=O) groups is 1. The minimum Gasteiger partial charge on any atom is -0.444 e. The first-order chi connectivity index (χ1) is 17.1. The number of alkyl halides is 2. The Morgan fingerprint density at radius 3 is 2.24 bits per heavy atom. The van der Waals surface area contributed by atoms with E-state index in [4.69, 9.17) is 14.0 Å². The van der Waals surface area contributed by atoms with Crippen LogP contribution in [0.1, 0.15) is 67.9 Å². The highest BCUT2D eigenvalue weighted by Crippen LogP contribution is 2.38. The summed E-state index contributed by atoms with van der Waals surface area (Å²) in [6.07, 6.45) is -1.45. The summed E-state index contributed by atoms with van der Waals surface area (Å²) >= 11 is 0. The molecular weight excluding hydrogens is 524 g/mol. The Morgan fingerprint density at radius 1 is 1.18 bits per heavy atom. The van der Waals surface area contributed by atoms with Gasteiger partial charge in [-0.2, -0.15) is 0 Å². The molecule has 2 fully saturated rings. The number of ether oxygens (including phenoxy) is 1. The highest BCUT2D eigenvalue weighted by Gasteiger charge is 2.58. The molecule has 0 saturated carbocycles. The lowest BCUT2D eigenvalue weighted by Crippen LogP contribution is -2.54. The summed E-state index contributed by atoms with van der Waals surface area (Å²) in [5.74, 6) is -4.38. The molecule has 1 aromatic carbocycles. The molecule has 2 saturated heterocycles. The zero-order valence-electron chi connectivity index (χ0n) is 23.4. The number of amides is 1. The largest absolute Gasteiger partial charge is 0.497 e. The van der Waals surface area contributed by atoms with Gasteiger partial charge in [-0.25, -0.2) is 31.1 Å². The van der Waals surface area contributed by atoms with Crippen molar-refractivity contribution in [3.05, 3.63) is 29.6 Å². The van der Waals surface area contributed by atoms with Crippen LogP contribution >= 0.6 is 0 Å². The van der Waals surface area contributed by atoms with E-state index in [0.29, 0.717) is 0 Å². The summed E-state index contributed by atoms with van der Waals surface area (Å²) in [5, 5.41) is -1.00. The molecule has 0 unspecified atom stereocenters. The van der Waals surface area contributed by atoms with Crippen molar-refractivity contribution in [1.29, 1.82) is 0 Å². The van der Waals surface area contributed by atoms with E-state index in [-0.39, 0.29) is 11.0 Å². The molecule has 13 heteroatoms. The third-order valence-corrected chi connectivity index (χ3v) is 9.03. The molecule has 2 heterocycles. The number of carbonyl (C=O) groups excluding carboxylic acids is 1. The molecule has 214 valence electrons. The maximum atomic E-state index is 15.8. The Morgan fingerprint density at radius 2 is 1.74 bits per heavy atom. The Balaban J connectivity index is 2.02. The highest BCUT2D eigenvalue weighted by atomic mass is 32.2. The van der Waals surface area contributed by atoms with Crippen LogP contribution in [0.15, 0.2) is 18.2 Å². The molecule has 2 aliphatic heterocycles. The number of halogens is 3. The number of nitrogens with one attached hydrogen (secondary N) is 1. The van der Waals surface area contributed by atoms with Gasteiger partial charge in [-0.1, -0.05) is 18.2 Å². The molecule has 0 radical (unpaired) electrons. The zero-order chi connectivity index (χ0) is 29.1. The van der Waals surface area contributed by atoms with Gasteiger partial charge in [0.15, 0.2) is 0 Å². The first-order valence-corrected chi connectivity index (χ1v) is 14.1. The van der Waals surface area contributed by atoms with Crippen molar-refractivity contribution in [3.63, 3.8) is 0 Å². The number of benzene rings is 1. The lowest BCUT2D eigenvalue weighted by Gasteiger charge is -2.32. The summed E-state index contributed by atoms with van der Waals surface area (Å²) in [7, 11) is -5.20. The van der Waals surface area contributed by atoms with Crippen molar-refractivity contribution in [2.24, 2.45) is 0 Å². The maximum Gasteiger partial charge on any atom is 0.497 e. The van der Waals surface area contributed by atoms with Crippen LogP contribution in [0.25, 0.3) is 0 Å². The predicted molar refractivity (Wildman–Crippen MR) is 138 cm³/mol. The standard InChI is InChI=1S/C25H38BF3N2O6S/c1-15(2)38(33,34)30-20-18(31(14-25(20,28)29)21(32)35-22(3,4)5)13-16-11-10-12-17(19(16)27)26-36-23(6,7)24(8,9)37-26/h10-12,15,18,20,30H,13-14H2,1-9H3/t18-,20+/m0/s1. The zero-order valence-corrected chi connectivity index (χ0v) is 24.2. The molecular formula is C25H38BF3N2O6S. The second-order valence-corrected chi connectivity index (χ2v) is 14.5. The summed E-state index contributed by atoms with van der Waals surface area (Å²) in [6, 6.07) is 0.993. The number of hydrogen-bond acceptors (Lipinski definition) is 6. The minimum absolute atomic E-state index is 0.00205. The third kappa shape index (κ3) is 6.15. The van der Waals surface area contributed by atoms with Gasteiger partial charge in [-0.3, -0.25) is 4.90 Å². The van der Waals surface area contributed by atoms with Crippen LogP contribution < -0.4 is 10.2 Å². The fraction of sp³-hybridized carbons (Fsp3) is 0.720. The monoisotopic (exact) mass is 562 g/mol. The van der Waals surface area contributed by atoms with E-state index in [1.54, 1.807) is 20.8 Å². The molecule has 38 heavy (non-hydrogen) atoms. The number of hydrogen-bond donors (Lipinski definition) is 1. The molecule has 0 aliphatic carbocycles. The number of likely N-dealkylation sites (tertiary alicyclic amines) is 1. The average Bonchev–Trinajstić information content (AvgIpc) is 3.10. The maximum absolute atomic E-state index is 15.8. The van der Waals surface area contributed by atoms with Crippen molar-refractivity contribution in [2.45, 2.75) is 109 Å². The third-order valence-electron chi connectivity index (χ3n) is 7.21. The van der Waals surface area contributed by atoms with Crippen molar-refractivity contribution in [3.8, 4) is 0 Å². The summed E-state index contributed by atoms with van der Waals surface area (Å²) < 4.78 is 91.0. The summed E-state index contributed by atoms with van der Waals surface area (Å²) in [6.45, 7) is 13.6. The van der Waals surface area contributed by atoms with Crippen LogP contribution in [0.4, 0.5) is 18.0 Å². The molecule has 1 N–H and O–H groups in total. The molecule has 0 spiro atoms. The molecule has 2 atom stereocenters. The van der Waals surface area contributed by atoms with Crippen LogP contribution in [0.2, 0.25) is 0 Å². The number of rotatable bonds is 6. The van der Waals surface area contributed by atoms with E-state index in [2.05, 4.69) is 4.72 Å². The second-order valence-electron chi connectivity index (χ2n) is 12.2. The minimum atomic E-state index is -4.16. The van der Waals surface area contributed by atoms with Gasteiger partial charge in [-0.05, 0) is 74.3 Å². The van der Waals surface area contributed by atoms with Gasteiger partial charge < -0.3 is 14.0 Å². The number of sulfonamides is 1. The molecule has 1 aromatic rings. The Hall–Kier alpha value is -1.83. The van der Waals surface area contributed by atoms with Crippen molar-refractivity contribution >= 4 is 28.7 Å². The highest BCUT2D eigenvalue weighted by molar-refractivity contribution is 7.90. The van der Waals surface area contributed by atoms with E-state index in [9.17, 15) is 13.2 Å². The Labute approximate surface area is 223 Å². The number of nitrogens with zero attached hydrogens (tertiary/aromatic N) is 1. The molecule has 3 rings (SSSR count). The van der Waals surface area contributed by atoms with Crippen molar-refractivity contribution < 1.29 is 40.4 Å². The van der Waals surface area contributed by atoms with Crippen LogP contribution in [0, 0.1) is 5.82 Å². The topological polar surface area (TPSA) is 94.2 Å². The fourth-order valence-corrected chi connectivity index (χ4v) is 5.22. The predicted octanol–water partition coefficient (Wildman–Crippen LogP) is 3.62. The van der Waals surface area contributed by atoms with Gasteiger partial charge in [0.25, 0.3) is 5.92 Å². The van der Waals surface area contributed by atoms with Crippen LogP contribution in [-0.4, -0.2) is 73.1 Å². The Kier molecular flexibility index (Phi) is 8.06. The van der Waals surface area contributed by atoms with Gasteiger partial charge >= 0.3 is 13.2 Å². The van der Waals surface area contributed by atoms with E-state index < -0.39 is 82.1 Å². The second kappa shape index (κ2) is 9.98. The van der Waals surface area contributed by atoms with Gasteiger partial charge in [0.2, 0.25) is 10.0 Å². The van der Waals surface area contributed by atoms with E-state index in [0.717, 1.165) is 4.90 Å². The van der Waals surface area contributed by atoms with Gasteiger partial charge in [-0.15, -0.1) is 0 Å². The molecule has 0 aromatic heterocycles. The first-order valence-electron chi connectivity index (χ1n) is 12.6. The van der Waals surface area contributed by atoms with Crippen molar-refractivity contribution in [1.82, 2.24) is 9.62 Å². The fourth-order valence-electron chi connectivity index (χ4n) is 4.27. The molecule has 2 aliphatic rings. The van der Waals surface area contributed by atoms with Gasteiger partial charge in [0.1, 0.15) is 17.5 Å². The van der Waals surface area contributed by atoms with Crippen molar-refractivity contribution in [2.75, 3.05) is 6.54 Å². The van der Waals surface area contributed by atoms with E-state index in [1.165, 1.54) is 32.0 Å². The van der Waals surface area contributed by atoms with Gasteiger partial charge in [0.05, 0.1) is 29.0 Å². The molecule has 8 nitrogen and oxygen atoms in total. The SMILES string of the molecule is CC(C)S(=O)(=O)N[C@@H]1[C@H](Cc2cccc(B3OC(C)(C)C(C)(C)O3)c2F)N(C(=O)OC(C)(C)C)CC1(F)F. The average molecular weight is 562 g/mol. The van der Waals surface area contributed by atoms with Crippen LogP contribution in [0.5, 0.6) is 0 Å².